The minimum absolute atomic E-state index is 0.0534. The minimum atomic E-state index is 0.0534. The zero-order valence-electron chi connectivity index (χ0n) is 13.6. The number of benzene rings is 1. The van der Waals surface area contributed by atoms with Crippen molar-refractivity contribution in [3.8, 4) is 5.75 Å². The number of amides is 1. The predicted octanol–water partition coefficient (Wildman–Crippen LogP) is 1.73. The Balaban J connectivity index is 1.51. The zero-order chi connectivity index (χ0) is 16.4. The second-order valence-electron chi connectivity index (χ2n) is 6.31. The van der Waals surface area contributed by atoms with Gasteiger partial charge < -0.3 is 15.0 Å². The number of fused-ring (bicyclic) bond motifs is 1. The molecule has 3 heterocycles. The number of rotatable bonds is 3. The van der Waals surface area contributed by atoms with Crippen LogP contribution in [0.1, 0.15) is 22.7 Å². The van der Waals surface area contributed by atoms with Gasteiger partial charge in [0, 0.05) is 38.4 Å². The Labute approximate surface area is 141 Å². The van der Waals surface area contributed by atoms with Gasteiger partial charge in [-0.1, -0.05) is 18.2 Å². The summed E-state index contributed by atoms with van der Waals surface area (Å²) < 4.78 is 5.54. The molecule has 1 unspecified atom stereocenters. The summed E-state index contributed by atoms with van der Waals surface area (Å²) in [6.07, 6.45) is 4.98. The summed E-state index contributed by atoms with van der Waals surface area (Å²) in [7, 11) is 0. The first-order chi connectivity index (χ1) is 11.8. The van der Waals surface area contributed by atoms with E-state index in [4.69, 9.17) is 4.74 Å². The van der Waals surface area contributed by atoms with Gasteiger partial charge in [0.15, 0.2) is 0 Å². The van der Waals surface area contributed by atoms with Crippen LogP contribution in [0.3, 0.4) is 0 Å². The molecule has 5 heteroatoms. The van der Waals surface area contributed by atoms with E-state index in [1.165, 1.54) is 5.56 Å². The SMILES string of the molecule is O=C(Cc1ccc2c(c1)CCO2)N1CCNCC1c1cccnc1. The topological polar surface area (TPSA) is 54.5 Å². The summed E-state index contributed by atoms with van der Waals surface area (Å²) in [6, 6.07) is 10.1. The maximum atomic E-state index is 12.9. The number of nitrogens with zero attached hydrogens (tertiary/aromatic N) is 2. The van der Waals surface area contributed by atoms with Crippen LogP contribution >= 0.6 is 0 Å². The molecule has 2 aromatic rings. The lowest BCUT2D eigenvalue weighted by Gasteiger charge is -2.36. The highest BCUT2D eigenvalue weighted by Gasteiger charge is 2.28. The van der Waals surface area contributed by atoms with Crippen molar-refractivity contribution in [2.24, 2.45) is 0 Å². The fourth-order valence-electron chi connectivity index (χ4n) is 3.50. The number of ether oxygens (including phenoxy) is 1. The number of pyridine rings is 1. The Kier molecular flexibility index (Phi) is 4.17. The van der Waals surface area contributed by atoms with Gasteiger partial charge in [-0.3, -0.25) is 9.78 Å². The molecule has 4 rings (SSSR count). The summed E-state index contributed by atoms with van der Waals surface area (Å²) in [4.78, 5) is 19.1. The van der Waals surface area contributed by atoms with Gasteiger partial charge in [-0.15, -0.1) is 0 Å². The van der Waals surface area contributed by atoms with Crippen LogP contribution in [0.15, 0.2) is 42.7 Å². The number of piperazine rings is 1. The molecular weight excluding hydrogens is 302 g/mol. The van der Waals surface area contributed by atoms with Crippen LogP contribution in [0.4, 0.5) is 0 Å². The number of carbonyl (C=O) groups is 1. The third kappa shape index (κ3) is 2.99. The molecule has 2 aliphatic rings. The standard InChI is InChI=1S/C19H21N3O2/c23-19(11-14-3-4-18-15(10-14)5-9-24-18)22-8-7-21-13-17(22)16-2-1-6-20-12-16/h1-4,6,10,12,17,21H,5,7-9,11,13H2. The van der Waals surface area contributed by atoms with Crippen LogP contribution in [0.25, 0.3) is 0 Å². The monoisotopic (exact) mass is 323 g/mol. The molecule has 2 aliphatic heterocycles. The van der Waals surface area contributed by atoms with Crippen LogP contribution in [0.2, 0.25) is 0 Å². The molecule has 1 aromatic heterocycles. The van der Waals surface area contributed by atoms with Gasteiger partial charge in [-0.05, 0) is 28.8 Å². The number of aromatic nitrogens is 1. The molecule has 5 nitrogen and oxygen atoms in total. The fraction of sp³-hybridized carbons (Fsp3) is 0.368. The molecule has 1 atom stereocenters. The van der Waals surface area contributed by atoms with E-state index in [2.05, 4.69) is 16.4 Å². The molecule has 1 saturated heterocycles. The second-order valence-corrected chi connectivity index (χ2v) is 6.31. The van der Waals surface area contributed by atoms with Crippen LogP contribution in [0, 0.1) is 0 Å². The molecule has 1 aromatic carbocycles. The number of hydrogen-bond acceptors (Lipinski definition) is 4. The molecule has 0 radical (unpaired) electrons. The normalized spacial score (nSPS) is 19.7. The molecule has 1 N–H and O–H groups in total. The lowest BCUT2D eigenvalue weighted by Crippen LogP contribution is -2.49. The van der Waals surface area contributed by atoms with E-state index in [0.717, 1.165) is 49.5 Å². The molecular formula is C19H21N3O2. The molecule has 24 heavy (non-hydrogen) atoms. The van der Waals surface area contributed by atoms with Crippen LogP contribution < -0.4 is 10.1 Å². The van der Waals surface area contributed by atoms with Crippen molar-refractivity contribution < 1.29 is 9.53 Å². The predicted molar refractivity (Wildman–Crippen MR) is 90.9 cm³/mol. The summed E-state index contributed by atoms with van der Waals surface area (Å²) >= 11 is 0. The van der Waals surface area contributed by atoms with Gasteiger partial charge in [-0.25, -0.2) is 0 Å². The minimum Gasteiger partial charge on any atom is -0.493 e. The smallest absolute Gasteiger partial charge is 0.227 e. The Hall–Kier alpha value is -2.40. The molecule has 0 bridgehead atoms. The van der Waals surface area contributed by atoms with E-state index in [-0.39, 0.29) is 11.9 Å². The fourth-order valence-corrected chi connectivity index (χ4v) is 3.50. The lowest BCUT2D eigenvalue weighted by molar-refractivity contribution is -0.133. The van der Waals surface area contributed by atoms with Crippen molar-refractivity contribution in [3.05, 3.63) is 59.4 Å². The third-order valence-electron chi connectivity index (χ3n) is 4.74. The maximum Gasteiger partial charge on any atom is 0.227 e. The molecule has 1 fully saturated rings. The number of hydrogen-bond donors (Lipinski definition) is 1. The van der Waals surface area contributed by atoms with Crippen LogP contribution in [-0.4, -0.2) is 42.0 Å². The van der Waals surface area contributed by atoms with E-state index in [1.807, 2.05) is 35.4 Å². The highest BCUT2D eigenvalue weighted by molar-refractivity contribution is 5.79. The van der Waals surface area contributed by atoms with Crippen LogP contribution in [0.5, 0.6) is 5.75 Å². The van der Waals surface area contributed by atoms with Gasteiger partial charge in [0.1, 0.15) is 5.75 Å². The number of carbonyl (C=O) groups excluding carboxylic acids is 1. The maximum absolute atomic E-state index is 12.9. The summed E-state index contributed by atoms with van der Waals surface area (Å²) in [5.74, 6) is 1.13. The van der Waals surface area contributed by atoms with Gasteiger partial charge in [0.2, 0.25) is 5.91 Å². The first-order valence-corrected chi connectivity index (χ1v) is 8.46. The number of nitrogens with one attached hydrogen (secondary N) is 1. The quantitative estimate of drug-likeness (QED) is 0.935. The van der Waals surface area contributed by atoms with Crippen molar-refractivity contribution in [2.75, 3.05) is 26.2 Å². The highest BCUT2D eigenvalue weighted by atomic mass is 16.5. The third-order valence-corrected chi connectivity index (χ3v) is 4.74. The van der Waals surface area contributed by atoms with E-state index in [9.17, 15) is 4.79 Å². The van der Waals surface area contributed by atoms with Crippen molar-refractivity contribution in [1.29, 1.82) is 0 Å². The second kappa shape index (κ2) is 6.61. The largest absolute Gasteiger partial charge is 0.493 e. The van der Waals surface area contributed by atoms with E-state index in [0.29, 0.717) is 6.42 Å². The van der Waals surface area contributed by atoms with Crippen molar-refractivity contribution in [2.45, 2.75) is 18.9 Å². The van der Waals surface area contributed by atoms with Crippen molar-refractivity contribution in [1.82, 2.24) is 15.2 Å². The molecule has 0 spiro atoms. The zero-order valence-corrected chi connectivity index (χ0v) is 13.6. The molecule has 1 amide bonds. The van der Waals surface area contributed by atoms with Gasteiger partial charge >= 0.3 is 0 Å². The Morgan fingerprint density at radius 2 is 2.33 bits per heavy atom. The summed E-state index contributed by atoms with van der Waals surface area (Å²) in [6.45, 7) is 3.08. The first kappa shape index (κ1) is 15.1. The molecule has 124 valence electrons. The average molecular weight is 323 g/mol. The van der Waals surface area contributed by atoms with Crippen molar-refractivity contribution >= 4 is 5.91 Å². The Bertz CT molecular complexity index is 733. The van der Waals surface area contributed by atoms with Gasteiger partial charge in [0.05, 0.1) is 19.1 Å². The molecule has 0 saturated carbocycles. The Morgan fingerprint density at radius 1 is 1.38 bits per heavy atom. The first-order valence-electron chi connectivity index (χ1n) is 8.46. The van der Waals surface area contributed by atoms with E-state index in [1.54, 1.807) is 6.20 Å². The summed E-state index contributed by atoms with van der Waals surface area (Å²) in [5, 5.41) is 3.38. The van der Waals surface area contributed by atoms with Gasteiger partial charge in [0.25, 0.3) is 0 Å². The van der Waals surface area contributed by atoms with Crippen LogP contribution in [-0.2, 0) is 17.6 Å². The van der Waals surface area contributed by atoms with E-state index < -0.39 is 0 Å². The average Bonchev–Trinajstić information content (AvgIpc) is 3.10. The van der Waals surface area contributed by atoms with E-state index >= 15 is 0 Å². The van der Waals surface area contributed by atoms with Crippen molar-refractivity contribution in [3.63, 3.8) is 0 Å². The Morgan fingerprint density at radius 3 is 3.21 bits per heavy atom. The lowest BCUT2D eigenvalue weighted by atomic mass is 10.0. The highest BCUT2D eigenvalue weighted by Crippen LogP contribution is 2.27. The van der Waals surface area contributed by atoms with Gasteiger partial charge in [-0.2, -0.15) is 0 Å². The molecule has 0 aliphatic carbocycles. The summed E-state index contributed by atoms with van der Waals surface area (Å²) in [5.41, 5.74) is 3.36.